The van der Waals surface area contributed by atoms with Crippen LogP contribution in [0, 0.1) is 6.92 Å². The van der Waals surface area contributed by atoms with E-state index in [2.05, 4.69) is 10.2 Å². The van der Waals surface area contributed by atoms with E-state index in [1.165, 1.54) is 16.5 Å². The Balaban J connectivity index is 1.63. The third-order valence-electron chi connectivity index (χ3n) is 6.95. The Morgan fingerprint density at radius 3 is 2.58 bits per heavy atom. The van der Waals surface area contributed by atoms with Gasteiger partial charge in [-0.1, -0.05) is 36.7 Å². The lowest BCUT2D eigenvalue weighted by atomic mass is 9.90. The Morgan fingerprint density at radius 1 is 1.03 bits per heavy atom. The summed E-state index contributed by atoms with van der Waals surface area (Å²) in [6.07, 6.45) is -0.737. The minimum Gasteiger partial charge on any atom is -0.276 e. The molecule has 4 nitrogen and oxygen atoms in total. The lowest BCUT2D eigenvalue weighted by Gasteiger charge is -2.18. The van der Waals surface area contributed by atoms with E-state index in [9.17, 15) is 13.2 Å². The Labute approximate surface area is 215 Å². The largest absolute Gasteiger partial charge is 0.416 e. The maximum absolute atomic E-state index is 13.8. The summed E-state index contributed by atoms with van der Waals surface area (Å²) in [7, 11) is 0. The molecule has 0 fully saturated rings. The summed E-state index contributed by atoms with van der Waals surface area (Å²) >= 11 is 8.37. The molecule has 1 aliphatic carbocycles. The molecule has 0 radical (unpaired) electrons. The maximum Gasteiger partial charge on any atom is 0.416 e. The highest BCUT2D eigenvalue weighted by Crippen LogP contribution is 2.44. The van der Waals surface area contributed by atoms with Gasteiger partial charge in [0.25, 0.3) is 0 Å². The van der Waals surface area contributed by atoms with Crippen LogP contribution in [0.3, 0.4) is 0 Å². The second kappa shape index (κ2) is 8.56. The first-order valence-electron chi connectivity index (χ1n) is 11.9. The Morgan fingerprint density at radius 2 is 1.83 bits per heavy atom. The van der Waals surface area contributed by atoms with Crippen LogP contribution in [0.2, 0.25) is 5.02 Å². The Hall–Kier alpha value is -2.97. The van der Waals surface area contributed by atoms with Crippen molar-refractivity contribution >= 4 is 28.6 Å². The first-order valence-corrected chi connectivity index (χ1v) is 13.1. The molecule has 2 aromatic heterocycles. The number of aryl methyl sites for hydroxylation is 3. The number of hydrogen-bond donors (Lipinski definition) is 0. The topological polar surface area (TPSA) is 43.1 Å². The molecule has 0 amide bonds. The van der Waals surface area contributed by atoms with Crippen LogP contribution < -0.4 is 0 Å². The zero-order chi connectivity index (χ0) is 25.2. The van der Waals surface area contributed by atoms with Gasteiger partial charge in [0.15, 0.2) is 5.82 Å². The van der Waals surface area contributed by atoms with Gasteiger partial charge in [0.05, 0.1) is 11.3 Å². The lowest BCUT2D eigenvalue weighted by molar-refractivity contribution is -0.137. The third kappa shape index (κ3) is 3.69. The molecule has 36 heavy (non-hydrogen) atoms. The summed E-state index contributed by atoms with van der Waals surface area (Å²) in [4.78, 5) is 6.25. The number of fused-ring (bicyclic) bond motifs is 5. The zero-order valence-corrected chi connectivity index (χ0v) is 21.3. The van der Waals surface area contributed by atoms with Gasteiger partial charge in [-0.3, -0.25) is 9.56 Å². The third-order valence-corrected chi connectivity index (χ3v) is 8.54. The van der Waals surface area contributed by atoms with Crippen LogP contribution in [0.5, 0.6) is 0 Å². The van der Waals surface area contributed by atoms with E-state index in [4.69, 9.17) is 16.6 Å². The average Bonchev–Trinajstić information content (AvgIpc) is 3.51. The van der Waals surface area contributed by atoms with Crippen molar-refractivity contribution in [1.82, 2.24) is 14.8 Å². The molecule has 2 aromatic carbocycles. The Bertz CT molecular complexity index is 1550. The molecule has 0 unspecified atom stereocenters. The van der Waals surface area contributed by atoms with Gasteiger partial charge in [-0.2, -0.15) is 13.2 Å². The van der Waals surface area contributed by atoms with Crippen molar-refractivity contribution in [3.63, 3.8) is 0 Å². The second-order valence-electron chi connectivity index (χ2n) is 9.13. The second-order valence-corrected chi connectivity index (χ2v) is 10.6. The van der Waals surface area contributed by atoms with E-state index in [-0.39, 0.29) is 6.54 Å². The minimum atomic E-state index is -4.48. The zero-order valence-electron chi connectivity index (χ0n) is 19.7. The average molecular weight is 527 g/mol. The van der Waals surface area contributed by atoms with Crippen molar-refractivity contribution in [2.75, 3.05) is 0 Å². The van der Waals surface area contributed by atoms with E-state index in [1.807, 2.05) is 36.6 Å². The van der Waals surface area contributed by atoms with E-state index in [0.29, 0.717) is 27.4 Å². The van der Waals surface area contributed by atoms with Gasteiger partial charge < -0.3 is 0 Å². The van der Waals surface area contributed by atoms with Gasteiger partial charge in [0, 0.05) is 26.6 Å². The van der Waals surface area contributed by atoms with Crippen molar-refractivity contribution in [3.8, 4) is 16.1 Å². The highest BCUT2D eigenvalue weighted by molar-refractivity contribution is 7.15. The fraction of sp³-hybridized carbons (Fsp3) is 0.296. The summed E-state index contributed by atoms with van der Waals surface area (Å²) in [5.74, 6) is 1.50. The number of aromatic nitrogens is 3. The van der Waals surface area contributed by atoms with E-state index in [0.717, 1.165) is 59.5 Å². The number of alkyl halides is 3. The molecular weight excluding hydrogens is 505 g/mol. The van der Waals surface area contributed by atoms with Crippen LogP contribution in [0.1, 0.15) is 57.7 Å². The number of hydrogen-bond acceptors (Lipinski definition) is 4. The molecule has 3 heterocycles. The van der Waals surface area contributed by atoms with E-state index < -0.39 is 11.7 Å². The Kier molecular flexibility index (Phi) is 5.57. The number of nitrogens with zero attached hydrogens (tertiary/aromatic N) is 4. The van der Waals surface area contributed by atoms with Crippen LogP contribution in [-0.2, 0) is 32.0 Å². The number of aliphatic imine (C=N–C) groups is 1. The molecule has 0 atom stereocenters. The van der Waals surface area contributed by atoms with Gasteiger partial charge in [0.1, 0.15) is 17.4 Å². The molecular formula is C27H22ClF3N4S. The van der Waals surface area contributed by atoms with Crippen LogP contribution >= 0.6 is 22.9 Å². The predicted molar refractivity (Wildman–Crippen MR) is 137 cm³/mol. The van der Waals surface area contributed by atoms with Crippen molar-refractivity contribution in [2.24, 2.45) is 4.99 Å². The monoisotopic (exact) mass is 526 g/mol. The highest BCUT2D eigenvalue weighted by atomic mass is 35.5. The highest BCUT2D eigenvalue weighted by Gasteiger charge is 2.34. The molecule has 0 N–H and O–H groups in total. The van der Waals surface area contributed by atoms with E-state index in [1.54, 1.807) is 17.4 Å². The SMILES string of the molecule is CCc1ccc(-c2cc(C(F)(F)F)ccc2C2=NCc3nnc(C)n3-c3sc4c(c32)CCC4)c(Cl)c1. The summed E-state index contributed by atoms with van der Waals surface area (Å²) in [6.45, 7) is 4.21. The molecule has 0 bridgehead atoms. The molecule has 4 aromatic rings. The summed E-state index contributed by atoms with van der Waals surface area (Å²) in [6, 6.07) is 9.44. The lowest BCUT2D eigenvalue weighted by Crippen LogP contribution is -2.12. The van der Waals surface area contributed by atoms with Gasteiger partial charge >= 0.3 is 6.18 Å². The molecule has 2 aliphatic rings. The predicted octanol–water partition coefficient (Wildman–Crippen LogP) is 7.38. The number of rotatable bonds is 3. The van der Waals surface area contributed by atoms with Gasteiger partial charge in [-0.25, -0.2) is 0 Å². The van der Waals surface area contributed by atoms with Gasteiger partial charge in [0.2, 0.25) is 0 Å². The fourth-order valence-corrected chi connectivity index (χ4v) is 6.92. The summed E-state index contributed by atoms with van der Waals surface area (Å²) < 4.78 is 43.5. The number of thiophene rings is 1. The standard InChI is InChI=1S/C27H22ClF3N4S/c1-3-15-7-9-17(21(28)11-15)20-12-16(27(29,30)31)8-10-18(20)25-24-19-5-4-6-22(19)36-26(24)35-14(2)33-34-23(35)13-32-25/h7-12H,3-6,13H2,1-2H3. The normalized spacial score (nSPS) is 14.8. The van der Waals surface area contributed by atoms with Crippen LogP contribution in [0.15, 0.2) is 41.4 Å². The maximum atomic E-state index is 13.8. The first-order chi connectivity index (χ1) is 17.3. The number of benzene rings is 2. The van der Waals surface area contributed by atoms with Crippen molar-refractivity contribution < 1.29 is 13.2 Å². The molecule has 9 heteroatoms. The quantitative estimate of drug-likeness (QED) is 0.279. The van der Waals surface area contributed by atoms with Crippen LogP contribution in [-0.4, -0.2) is 20.5 Å². The summed E-state index contributed by atoms with van der Waals surface area (Å²) in [5.41, 5.74) is 4.84. The molecule has 6 rings (SSSR count). The molecule has 0 saturated carbocycles. The van der Waals surface area contributed by atoms with Gasteiger partial charge in [-0.15, -0.1) is 21.5 Å². The molecule has 0 spiro atoms. The van der Waals surface area contributed by atoms with Crippen molar-refractivity contribution in [2.45, 2.75) is 52.3 Å². The molecule has 184 valence electrons. The number of halogens is 4. The van der Waals surface area contributed by atoms with Crippen molar-refractivity contribution in [1.29, 1.82) is 0 Å². The van der Waals surface area contributed by atoms with Crippen molar-refractivity contribution in [3.05, 3.63) is 85.8 Å². The van der Waals surface area contributed by atoms with Crippen LogP contribution in [0.4, 0.5) is 13.2 Å². The smallest absolute Gasteiger partial charge is 0.276 e. The first kappa shape index (κ1) is 23.4. The summed E-state index contributed by atoms with van der Waals surface area (Å²) in [5, 5.41) is 10.0. The molecule has 1 aliphatic heterocycles. The van der Waals surface area contributed by atoms with Crippen LogP contribution in [0.25, 0.3) is 16.1 Å². The van der Waals surface area contributed by atoms with Gasteiger partial charge in [-0.05, 0) is 67.5 Å². The fourth-order valence-electron chi connectivity index (χ4n) is 5.16. The minimum absolute atomic E-state index is 0.287. The molecule has 0 saturated heterocycles. The van der Waals surface area contributed by atoms with E-state index >= 15 is 0 Å².